The summed E-state index contributed by atoms with van der Waals surface area (Å²) in [6, 6.07) is 0.768. The second-order valence-electron chi connectivity index (χ2n) is 5.19. The standard InChI is InChI=1S/C12H23N3O/c1-10(13)4-5-12(16)15-8-7-14-6-2-3-11(14)9-15/h10-11H,2-9,13H2,1H3. The van der Waals surface area contributed by atoms with Crippen LogP contribution in [0.4, 0.5) is 0 Å². The van der Waals surface area contributed by atoms with Gasteiger partial charge in [0, 0.05) is 38.1 Å². The highest BCUT2D eigenvalue weighted by atomic mass is 16.2. The molecule has 0 spiro atoms. The largest absolute Gasteiger partial charge is 0.340 e. The van der Waals surface area contributed by atoms with Gasteiger partial charge in [-0.25, -0.2) is 0 Å². The predicted octanol–water partition coefficient (Wildman–Crippen LogP) is 0.420. The molecule has 4 nitrogen and oxygen atoms in total. The molecule has 0 saturated carbocycles. The molecule has 0 bridgehead atoms. The summed E-state index contributed by atoms with van der Waals surface area (Å²) in [6.45, 7) is 6.11. The van der Waals surface area contributed by atoms with Crippen LogP contribution < -0.4 is 5.73 Å². The Morgan fingerprint density at radius 2 is 2.25 bits per heavy atom. The molecule has 16 heavy (non-hydrogen) atoms. The van der Waals surface area contributed by atoms with Gasteiger partial charge < -0.3 is 10.6 Å². The number of carbonyl (C=O) groups is 1. The van der Waals surface area contributed by atoms with Gasteiger partial charge in [0.15, 0.2) is 0 Å². The number of carbonyl (C=O) groups excluding carboxylic acids is 1. The molecule has 0 aromatic rings. The number of amides is 1. The first-order chi connectivity index (χ1) is 7.66. The van der Waals surface area contributed by atoms with Crippen molar-refractivity contribution in [1.82, 2.24) is 9.80 Å². The highest BCUT2D eigenvalue weighted by Gasteiger charge is 2.32. The van der Waals surface area contributed by atoms with Crippen molar-refractivity contribution in [2.75, 3.05) is 26.2 Å². The quantitative estimate of drug-likeness (QED) is 0.757. The molecule has 2 saturated heterocycles. The zero-order chi connectivity index (χ0) is 11.5. The van der Waals surface area contributed by atoms with Crippen molar-refractivity contribution in [2.24, 2.45) is 5.73 Å². The van der Waals surface area contributed by atoms with Gasteiger partial charge >= 0.3 is 0 Å². The Kier molecular flexibility index (Phi) is 3.82. The highest BCUT2D eigenvalue weighted by Crippen LogP contribution is 2.21. The van der Waals surface area contributed by atoms with Crippen LogP contribution in [0.1, 0.15) is 32.6 Å². The molecule has 92 valence electrons. The summed E-state index contributed by atoms with van der Waals surface area (Å²) in [5, 5.41) is 0. The number of nitrogens with two attached hydrogens (primary N) is 1. The molecule has 4 heteroatoms. The minimum absolute atomic E-state index is 0.136. The molecule has 2 fully saturated rings. The van der Waals surface area contributed by atoms with Crippen LogP contribution in [0, 0.1) is 0 Å². The summed E-state index contributed by atoms with van der Waals surface area (Å²) in [5.74, 6) is 0.295. The SMILES string of the molecule is CC(N)CCC(=O)N1CCN2CCCC2C1. The summed E-state index contributed by atoms with van der Waals surface area (Å²) >= 11 is 0. The molecule has 2 heterocycles. The highest BCUT2D eigenvalue weighted by molar-refractivity contribution is 5.76. The molecule has 2 N–H and O–H groups in total. The minimum Gasteiger partial charge on any atom is -0.340 e. The van der Waals surface area contributed by atoms with E-state index in [0.717, 1.165) is 26.1 Å². The van der Waals surface area contributed by atoms with E-state index in [4.69, 9.17) is 5.73 Å². The van der Waals surface area contributed by atoms with E-state index in [9.17, 15) is 4.79 Å². The Bertz CT molecular complexity index is 255. The predicted molar refractivity (Wildman–Crippen MR) is 64.1 cm³/mol. The van der Waals surface area contributed by atoms with Crippen molar-refractivity contribution in [3.8, 4) is 0 Å². The van der Waals surface area contributed by atoms with Gasteiger partial charge in [-0.3, -0.25) is 9.69 Å². The van der Waals surface area contributed by atoms with Crippen LogP contribution in [0.2, 0.25) is 0 Å². The van der Waals surface area contributed by atoms with E-state index in [1.807, 2.05) is 11.8 Å². The lowest BCUT2D eigenvalue weighted by Crippen LogP contribution is -2.52. The fourth-order valence-electron chi connectivity index (χ4n) is 2.73. The van der Waals surface area contributed by atoms with Crippen LogP contribution in [-0.2, 0) is 4.79 Å². The van der Waals surface area contributed by atoms with Crippen LogP contribution in [0.15, 0.2) is 0 Å². The lowest BCUT2D eigenvalue weighted by Gasteiger charge is -2.37. The topological polar surface area (TPSA) is 49.6 Å². The normalized spacial score (nSPS) is 27.9. The second kappa shape index (κ2) is 5.15. The van der Waals surface area contributed by atoms with Crippen LogP contribution in [0.3, 0.4) is 0 Å². The van der Waals surface area contributed by atoms with Crippen molar-refractivity contribution >= 4 is 5.91 Å². The molecular weight excluding hydrogens is 202 g/mol. The zero-order valence-corrected chi connectivity index (χ0v) is 10.2. The van der Waals surface area contributed by atoms with Gasteiger partial charge in [-0.15, -0.1) is 0 Å². The molecule has 0 radical (unpaired) electrons. The van der Waals surface area contributed by atoms with Crippen LogP contribution in [-0.4, -0.2) is 54.0 Å². The minimum atomic E-state index is 0.136. The first kappa shape index (κ1) is 11.9. The Hall–Kier alpha value is -0.610. The molecule has 2 rings (SSSR count). The average Bonchev–Trinajstić information content (AvgIpc) is 2.72. The molecule has 2 atom stereocenters. The zero-order valence-electron chi connectivity index (χ0n) is 10.2. The van der Waals surface area contributed by atoms with E-state index in [2.05, 4.69) is 4.90 Å². The van der Waals surface area contributed by atoms with Crippen molar-refractivity contribution in [3.63, 3.8) is 0 Å². The first-order valence-electron chi connectivity index (χ1n) is 6.44. The number of fused-ring (bicyclic) bond motifs is 1. The Labute approximate surface area is 97.8 Å². The molecule has 0 aromatic heterocycles. The van der Waals surface area contributed by atoms with Gasteiger partial charge in [-0.05, 0) is 32.7 Å². The third kappa shape index (κ3) is 2.74. The maximum atomic E-state index is 11.9. The molecular formula is C12H23N3O. The molecule has 0 aliphatic carbocycles. The summed E-state index contributed by atoms with van der Waals surface area (Å²) < 4.78 is 0. The van der Waals surface area contributed by atoms with Crippen molar-refractivity contribution in [3.05, 3.63) is 0 Å². The Balaban J connectivity index is 1.79. The smallest absolute Gasteiger partial charge is 0.222 e. The van der Waals surface area contributed by atoms with Gasteiger partial charge in [0.2, 0.25) is 5.91 Å². The molecule has 2 aliphatic rings. The van der Waals surface area contributed by atoms with Crippen LogP contribution in [0.5, 0.6) is 0 Å². The third-order valence-electron chi connectivity index (χ3n) is 3.75. The maximum Gasteiger partial charge on any atom is 0.222 e. The summed E-state index contributed by atoms with van der Waals surface area (Å²) in [6.07, 6.45) is 3.98. The lowest BCUT2D eigenvalue weighted by molar-refractivity contribution is -0.133. The van der Waals surface area contributed by atoms with Crippen molar-refractivity contribution in [1.29, 1.82) is 0 Å². The molecule has 1 amide bonds. The lowest BCUT2D eigenvalue weighted by atomic mass is 10.1. The Morgan fingerprint density at radius 1 is 1.44 bits per heavy atom. The van der Waals surface area contributed by atoms with Gasteiger partial charge in [0.25, 0.3) is 0 Å². The number of nitrogens with zero attached hydrogens (tertiary/aromatic N) is 2. The monoisotopic (exact) mass is 225 g/mol. The van der Waals surface area contributed by atoms with E-state index in [0.29, 0.717) is 18.4 Å². The van der Waals surface area contributed by atoms with Gasteiger partial charge in [-0.1, -0.05) is 0 Å². The van der Waals surface area contributed by atoms with Crippen molar-refractivity contribution in [2.45, 2.75) is 44.7 Å². The fourth-order valence-corrected chi connectivity index (χ4v) is 2.73. The maximum absolute atomic E-state index is 11.9. The average molecular weight is 225 g/mol. The molecule has 2 aliphatic heterocycles. The second-order valence-corrected chi connectivity index (χ2v) is 5.19. The first-order valence-corrected chi connectivity index (χ1v) is 6.44. The van der Waals surface area contributed by atoms with E-state index >= 15 is 0 Å². The summed E-state index contributed by atoms with van der Waals surface area (Å²) in [5.41, 5.74) is 5.68. The van der Waals surface area contributed by atoms with Crippen LogP contribution >= 0.6 is 0 Å². The van der Waals surface area contributed by atoms with Gasteiger partial charge in [0.1, 0.15) is 0 Å². The van der Waals surface area contributed by atoms with E-state index in [1.54, 1.807) is 0 Å². The molecule has 2 unspecified atom stereocenters. The Morgan fingerprint density at radius 3 is 3.00 bits per heavy atom. The van der Waals surface area contributed by atoms with E-state index in [1.165, 1.54) is 19.4 Å². The van der Waals surface area contributed by atoms with E-state index < -0.39 is 0 Å². The number of hydrogen-bond donors (Lipinski definition) is 1. The summed E-state index contributed by atoms with van der Waals surface area (Å²) in [7, 11) is 0. The number of rotatable bonds is 3. The number of piperazine rings is 1. The fraction of sp³-hybridized carbons (Fsp3) is 0.917. The van der Waals surface area contributed by atoms with E-state index in [-0.39, 0.29) is 6.04 Å². The third-order valence-corrected chi connectivity index (χ3v) is 3.75. The molecule has 0 aromatic carbocycles. The number of hydrogen-bond acceptors (Lipinski definition) is 3. The van der Waals surface area contributed by atoms with Gasteiger partial charge in [-0.2, -0.15) is 0 Å². The summed E-state index contributed by atoms with van der Waals surface area (Å²) in [4.78, 5) is 16.5. The van der Waals surface area contributed by atoms with Crippen LogP contribution in [0.25, 0.3) is 0 Å². The van der Waals surface area contributed by atoms with Gasteiger partial charge in [0.05, 0.1) is 0 Å². The van der Waals surface area contributed by atoms with Crippen molar-refractivity contribution < 1.29 is 4.79 Å².